The van der Waals surface area contributed by atoms with Gasteiger partial charge in [0.25, 0.3) is 0 Å². The lowest BCUT2D eigenvalue weighted by Gasteiger charge is -2.37. The van der Waals surface area contributed by atoms with E-state index in [0.29, 0.717) is 12.0 Å². The molecule has 84 valence electrons. The van der Waals surface area contributed by atoms with Gasteiger partial charge in [-0.05, 0) is 19.8 Å². The van der Waals surface area contributed by atoms with Gasteiger partial charge in [-0.25, -0.2) is 0 Å². The van der Waals surface area contributed by atoms with E-state index in [0.717, 1.165) is 26.2 Å². The predicted octanol–water partition coefficient (Wildman–Crippen LogP) is 1.08. The van der Waals surface area contributed by atoms with Crippen LogP contribution in [0.15, 0.2) is 0 Å². The summed E-state index contributed by atoms with van der Waals surface area (Å²) in [6.45, 7) is 12.4. The van der Waals surface area contributed by atoms with Gasteiger partial charge in [0, 0.05) is 25.2 Å². The average molecular weight is 200 g/mol. The third kappa shape index (κ3) is 3.95. The highest BCUT2D eigenvalue weighted by atomic mass is 16.5. The predicted molar refractivity (Wildman–Crippen MR) is 59.3 cm³/mol. The zero-order valence-corrected chi connectivity index (χ0v) is 9.92. The lowest BCUT2D eigenvalue weighted by Crippen LogP contribution is -2.52. The highest BCUT2D eigenvalue weighted by molar-refractivity contribution is 4.81. The number of nitrogens with two attached hydrogens (primary N) is 1. The maximum Gasteiger partial charge on any atom is 0.0725 e. The second kappa shape index (κ2) is 4.60. The molecule has 1 heterocycles. The van der Waals surface area contributed by atoms with Gasteiger partial charge in [-0.1, -0.05) is 13.8 Å². The molecule has 1 saturated heterocycles. The first-order valence-electron chi connectivity index (χ1n) is 5.51. The summed E-state index contributed by atoms with van der Waals surface area (Å²) in [5.74, 6) is 0.596. The van der Waals surface area contributed by atoms with Crippen LogP contribution in [-0.2, 0) is 4.74 Å². The molecular formula is C11H24N2O. The van der Waals surface area contributed by atoms with Crippen LogP contribution < -0.4 is 5.73 Å². The molecule has 1 aliphatic rings. The van der Waals surface area contributed by atoms with Crippen LogP contribution in [-0.4, -0.2) is 42.8 Å². The lowest BCUT2D eigenvalue weighted by molar-refractivity contribution is -0.0542. The third-order valence-corrected chi connectivity index (χ3v) is 2.55. The molecular weight excluding hydrogens is 176 g/mol. The van der Waals surface area contributed by atoms with Crippen LogP contribution in [0, 0.1) is 5.92 Å². The van der Waals surface area contributed by atoms with Crippen molar-refractivity contribution in [1.82, 2.24) is 4.90 Å². The molecule has 0 aromatic carbocycles. The molecule has 1 rings (SSSR count). The number of hydrogen-bond acceptors (Lipinski definition) is 3. The van der Waals surface area contributed by atoms with Gasteiger partial charge in [-0.2, -0.15) is 0 Å². The largest absolute Gasteiger partial charge is 0.375 e. The summed E-state index contributed by atoms with van der Waals surface area (Å²) in [7, 11) is 0. The van der Waals surface area contributed by atoms with Crippen LogP contribution in [0.2, 0.25) is 0 Å². The number of hydrogen-bond donors (Lipinski definition) is 1. The van der Waals surface area contributed by atoms with Gasteiger partial charge in [0.2, 0.25) is 0 Å². The minimum absolute atomic E-state index is 0.0983. The number of morpholine rings is 1. The van der Waals surface area contributed by atoms with Gasteiger partial charge in [0.1, 0.15) is 0 Å². The third-order valence-electron chi connectivity index (χ3n) is 2.55. The van der Waals surface area contributed by atoms with E-state index in [1.54, 1.807) is 0 Å². The summed E-state index contributed by atoms with van der Waals surface area (Å²) < 4.78 is 5.70. The fourth-order valence-electron chi connectivity index (χ4n) is 1.85. The molecule has 0 radical (unpaired) electrons. The summed E-state index contributed by atoms with van der Waals surface area (Å²) in [5, 5.41) is 0. The Bertz CT molecular complexity index is 175. The van der Waals surface area contributed by atoms with E-state index < -0.39 is 0 Å². The summed E-state index contributed by atoms with van der Waals surface area (Å²) in [6.07, 6.45) is 0.381. The first kappa shape index (κ1) is 12.0. The van der Waals surface area contributed by atoms with E-state index in [4.69, 9.17) is 10.5 Å². The summed E-state index contributed by atoms with van der Waals surface area (Å²) in [6, 6.07) is 0. The Labute approximate surface area is 87.6 Å². The van der Waals surface area contributed by atoms with Crippen LogP contribution in [0.4, 0.5) is 0 Å². The van der Waals surface area contributed by atoms with E-state index in [9.17, 15) is 0 Å². The van der Waals surface area contributed by atoms with Crippen molar-refractivity contribution < 1.29 is 4.74 Å². The van der Waals surface area contributed by atoms with Crippen molar-refractivity contribution in [2.75, 3.05) is 26.2 Å². The summed E-state index contributed by atoms with van der Waals surface area (Å²) >= 11 is 0. The minimum atomic E-state index is -0.0983. The van der Waals surface area contributed by atoms with Crippen molar-refractivity contribution in [1.29, 1.82) is 0 Å². The summed E-state index contributed by atoms with van der Waals surface area (Å²) in [5.41, 5.74) is 5.91. The molecule has 0 saturated carbocycles. The van der Waals surface area contributed by atoms with Gasteiger partial charge in [-0.3, -0.25) is 4.90 Å². The molecule has 3 heteroatoms. The van der Waals surface area contributed by atoms with Crippen LogP contribution in [0.25, 0.3) is 0 Å². The summed E-state index contributed by atoms with van der Waals surface area (Å²) in [4.78, 5) is 2.41. The van der Waals surface area contributed by atoms with Crippen molar-refractivity contribution in [3.63, 3.8) is 0 Å². The van der Waals surface area contributed by atoms with Crippen molar-refractivity contribution >= 4 is 0 Å². The van der Waals surface area contributed by atoms with E-state index >= 15 is 0 Å². The zero-order valence-electron chi connectivity index (χ0n) is 9.92. The van der Waals surface area contributed by atoms with Crippen molar-refractivity contribution in [2.24, 2.45) is 11.7 Å². The van der Waals surface area contributed by atoms with E-state index in [1.807, 2.05) is 0 Å². The first-order valence-corrected chi connectivity index (χ1v) is 5.51. The molecule has 1 aliphatic heterocycles. The normalized spacial score (nSPS) is 25.7. The molecule has 3 nitrogen and oxygen atoms in total. The van der Waals surface area contributed by atoms with Crippen LogP contribution >= 0.6 is 0 Å². The Morgan fingerprint density at radius 1 is 1.50 bits per heavy atom. The molecule has 0 aliphatic carbocycles. The monoisotopic (exact) mass is 200 g/mol. The first-order chi connectivity index (χ1) is 6.38. The smallest absolute Gasteiger partial charge is 0.0725 e. The molecule has 14 heavy (non-hydrogen) atoms. The van der Waals surface area contributed by atoms with Gasteiger partial charge >= 0.3 is 0 Å². The van der Waals surface area contributed by atoms with Crippen molar-refractivity contribution in [3.8, 4) is 0 Å². The van der Waals surface area contributed by atoms with E-state index in [1.165, 1.54) is 0 Å². The topological polar surface area (TPSA) is 38.5 Å². The SMILES string of the molecule is CC(C)C1CN(CC(C)(C)N)CCO1. The molecule has 0 amide bonds. The Balaban J connectivity index is 2.40. The van der Waals surface area contributed by atoms with Crippen molar-refractivity contribution in [2.45, 2.75) is 39.3 Å². The molecule has 2 N–H and O–H groups in total. The van der Waals surface area contributed by atoms with Gasteiger partial charge in [-0.15, -0.1) is 0 Å². The van der Waals surface area contributed by atoms with Gasteiger partial charge < -0.3 is 10.5 Å². The van der Waals surface area contributed by atoms with E-state index in [-0.39, 0.29) is 5.54 Å². The fraction of sp³-hybridized carbons (Fsp3) is 1.00. The maximum atomic E-state index is 6.01. The minimum Gasteiger partial charge on any atom is -0.375 e. The standard InChI is InChI=1S/C11H24N2O/c1-9(2)10-7-13(5-6-14-10)8-11(3,4)12/h9-10H,5-8,12H2,1-4H3. The lowest BCUT2D eigenvalue weighted by atomic mass is 10.0. The number of nitrogens with zero attached hydrogens (tertiary/aromatic N) is 1. The molecule has 1 fully saturated rings. The Morgan fingerprint density at radius 2 is 2.14 bits per heavy atom. The molecule has 1 unspecified atom stereocenters. The van der Waals surface area contributed by atoms with Crippen LogP contribution in [0.3, 0.4) is 0 Å². The second-order valence-corrected chi connectivity index (χ2v) is 5.38. The highest BCUT2D eigenvalue weighted by Crippen LogP contribution is 2.14. The molecule has 0 bridgehead atoms. The van der Waals surface area contributed by atoms with E-state index in [2.05, 4.69) is 32.6 Å². The molecule has 0 aromatic rings. The Morgan fingerprint density at radius 3 is 2.64 bits per heavy atom. The Kier molecular flexibility index (Phi) is 3.93. The van der Waals surface area contributed by atoms with Crippen LogP contribution in [0.1, 0.15) is 27.7 Å². The fourth-order valence-corrected chi connectivity index (χ4v) is 1.85. The van der Waals surface area contributed by atoms with Gasteiger partial charge in [0.05, 0.1) is 12.7 Å². The highest BCUT2D eigenvalue weighted by Gasteiger charge is 2.25. The quantitative estimate of drug-likeness (QED) is 0.741. The van der Waals surface area contributed by atoms with Crippen molar-refractivity contribution in [3.05, 3.63) is 0 Å². The maximum absolute atomic E-state index is 6.01. The van der Waals surface area contributed by atoms with Crippen LogP contribution in [0.5, 0.6) is 0 Å². The number of rotatable bonds is 3. The zero-order chi connectivity index (χ0) is 10.8. The molecule has 0 spiro atoms. The number of ether oxygens (including phenoxy) is 1. The second-order valence-electron chi connectivity index (χ2n) is 5.38. The Hall–Kier alpha value is -0.120. The van der Waals surface area contributed by atoms with Gasteiger partial charge in [0.15, 0.2) is 0 Å². The molecule has 0 aromatic heterocycles. The average Bonchev–Trinajstić information content (AvgIpc) is 2.01. The molecule has 1 atom stereocenters.